The Morgan fingerprint density at radius 2 is 1.89 bits per heavy atom. The maximum absolute atomic E-state index is 12.5. The molecule has 1 fully saturated rings. The van der Waals surface area contributed by atoms with Gasteiger partial charge in [-0.2, -0.15) is 0 Å². The highest BCUT2D eigenvalue weighted by Gasteiger charge is 2.30. The lowest BCUT2D eigenvalue weighted by Crippen LogP contribution is -2.16. The summed E-state index contributed by atoms with van der Waals surface area (Å²) in [6.45, 7) is 5.30. The van der Waals surface area contributed by atoms with Gasteiger partial charge in [-0.25, -0.2) is 23.4 Å². The number of pyridine rings is 1. The van der Waals surface area contributed by atoms with Crippen molar-refractivity contribution in [3.8, 4) is 11.4 Å². The first kappa shape index (κ1) is 23.8. The van der Waals surface area contributed by atoms with E-state index >= 15 is 0 Å². The minimum absolute atomic E-state index is 0.0252. The molecular weight excluding hydrogens is 480 g/mol. The van der Waals surface area contributed by atoms with Crippen molar-refractivity contribution < 1.29 is 13.2 Å². The highest BCUT2D eigenvalue weighted by atomic mass is 32.2. The van der Waals surface area contributed by atoms with E-state index in [1.807, 2.05) is 37.7 Å². The molecule has 0 radical (unpaired) electrons. The van der Waals surface area contributed by atoms with Crippen molar-refractivity contribution >= 4 is 50.0 Å². The van der Waals surface area contributed by atoms with Gasteiger partial charge in [0.15, 0.2) is 5.65 Å². The molecule has 36 heavy (non-hydrogen) atoms. The van der Waals surface area contributed by atoms with E-state index < -0.39 is 10.0 Å². The summed E-state index contributed by atoms with van der Waals surface area (Å²) in [6, 6.07) is 7.14. The molecule has 3 aromatic heterocycles. The summed E-state index contributed by atoms with van der Waals surface area (Å²) in [7, 11) is -1.67. The number of nitrogens with zero attached hydrogens (tertiary/aromatic N) is 4. The molecule has 0 bridgehead atoms. The van der Waals surface area contributed by atoms with E-state index in [0.717, 1.165) is 29.9 Å². The van der Waals surface area contributed by atoms with E-state index in [-0.39, 0.29) is 17.6 Å². The molecule has 11 nitrogen and oxygen atoms in total. The molecule has 1 saturated carbocycles. The van der Waals surface area contributed by atoms with Crippen LogP contribution in [0.5, 0.6) is 0 Å². The molecule has 3 heterocycles. The molecule has 0 unspecified atom stereocenters. The van der Waals surface area contributed by atoms with Crippen molar-refractivity contribution in [1.29, 1.82) is 0 Å². The van der Waals surface area contributed by atoms with Gasteiger partial charge in [0.1, 0.15) is 23.0 Å². The number of anilines is 4. The maximum atomic E-state index is 12.5. The summed E-state index contributed by atoms with van der Waals surface area (Å²) in [5.74, 6) is 1.65. The molecule has 12 heteroatoms. The van der Waals surface area contributed by atoms with Crippen LogP contribution in [0.1, 0.15) is 31.3 Å². The van der Waals surface area contributed by atoms with E-state index in [2.05, 4.69) is 35.3 Å². The number of carbonyl (C=O) groups excluding carboxylic acids is 1. The van der Waals surface area contributed by atoms with Crippen molar-refractivity contribution in [1.82, 2.24) is 24.5 Å². The number of aromatic amines is 1. The number of carbonyl (C=O) groups is 1. The first-order valence-corrected chi connectivity index (χ1v) is 13.4. The normalized spacial score (nSPS) is 13.7. The minimum Gasteiger partial charge on any atom is -0.352 e. The van der Waals surface area contributed by atoms with Gasteiger partial charge in [0.05, 0.1) is 28.5 Å². The third kappa shape index (κ3) is 4.89. The molecule has 1 aliphatic rings. The number of aromatic nitrogens is 5. The van der Waals surface area contributed by atoms with Crippen molar-refractivity contribution in [3.05, 3.63) is 42.0 Å². The molecule has 0 spiro atoms. The summed E-state index contributed by atoms with van der Waals surface area (Å²) < 4.78 is 29.6. The Balaban J connectivity index is 1.57. The van der Waals surface area contributed by atoms with Crippen LogP contribution in [0.2, 0.25) is 0 Å². The van der Waals surface area contributed by atoms with Gasteiger partial charge in [0.25, 0.3) is 0 Å². The molecule has 0 atom stereocenters. The van der Waals surface area contributed by atoms with Crippen molar-refractivity contribution in [2.75, 3.05) is 21.1 Å². The Labute approximate surface area is 208 Å². The first-order valence-electron chi connectivity index (χ1n) is 11.7. The second-order valence-corrected chi connectivity index (χ2v) is 11.1. The molecule has 188 valence electrons. The number of rotatable bonds is 8. The second-order valence-electron chi connectivity index (χ2n) is 9.05. The Hall–Kier alpha value is -3.93. The molecular formula is C24H28N8O3S. The number of aryl methyl sites for hydroxylation is 3. The zero-order chi connectivity index (χ0) is 25.6. The Morgan fingerprint density at radius 1 is 1.11 bits per heavy atom. The zero-order valence-electron chi connectivity index (χ0n) is 20.5. The molecule has 1 aromatic carbocycles. The monoisotopic (exact) mass is 508 g/mol. The van der Waals surface area contributed by atoms with Crippen LogP contribution in [0.25, 0.3) is 22.6 Å². The van der Waals surface area contributed by atoms with Gasteiger partial charge in [0.2, 0.25) is 15.9 Å². The van der Waals surface area contributed by atoms with Gasteiger partial charge >= 0.3 is 0 Å². The number of hydrogen-bond acceptors (Lipinski definition) is 7. The predicted octanol–water partition coefficient (Wildman–Crippen LogP) is 3.83. The largest absolute Gasteiger partial charge is 0.352 e. The lowest BCUT2D eigenvalue weighted by atomic mass is 10.1. The van der Waals surface area contributed by atoms with Crippen LogP contribution in [0.15, 0.2) is 30.5 Å². The Morgan fingerprint density at radius 3 is 2.56 bits per heavy atom. The molecule has 4 N–H and O–H groups in total. The van der Waals surface area contributed by atoms with Crippen LogP contribution in [0, 0.1) is 19.8 Å². The smallest absolute Gasteiger partial charge is 0.232 e. The van der Waals surface area contributed by atoms with E-state index in [1.165, 1.54) is 0 Å². The third-order valence-corrected chi connectivity index (χ3v) is 7.26. The summed E-state index contributed by atoms with van der Waals surface area (Å²) in [6.07, 6.45) is 3.66. The predicted molar refractivity (Wildman–Crippen MR) is 140 cm³/mol. The second kappa shape index (κ2) is 8.94. The molecule has 5 rings (SSSR count). The fourth-order valence-electron chi connectivity index (χ4n) is 3.99. The van der Waals surface area contributed by atoms with Gasteiger partial charge in [-0.3, -0.25) is 9.52 Å². The van der Waals surface area contributed by atoms with Crippen molar-refractivity contribution in [2.45, 2.75) is 33.6 Å². The van der Waals surface area contributed by atoms with E-state index in [1.54, 1.807) is 25.1 Å². The minimum atomic E-state index is -3.56. The fourth-order valence-corrected chi connectivity index (χ4v) is 4.63. The molecule has 0 saturated heterocycles. The number of H-pyrrole nitrogens is 1. The highest BCUT2D eigenvalue weighted by molar-refractivity contribution is 7.92. The Bertz CT molecular complexity index is 1580. The number of fused-ring (bicyclic) bond motifs is 1. The van der Waals surface area contributed by atoms with E-state index in [0.29, 0.717) is 39.9 Å². The number of hydrogen-bond donors (Lipinski definition) is 4. The van der Waals surface area contributed by atoms with Gasteiger partial charge in [0, 0.05) is 30.8 Å². The van der Waals surface area contributed by atoms with E-state index in [4.69, 9.17) is 0 Å². The average molecular weight is 509 g/mol. The molecule has 4 aromatic rings. The van der Waals surface area contributed by atoms with Crippen LogP contribution < -0.4 is 15.4 Å². The van der Waals surface area contributed by atoms with E-state index in [9.17, 15) is 13.2 Å². The highest BCUT2D eigenvalue weighted by Crippen LogP contribution is 2.35. The lowest BCUT2D eigenvalue weighted by molar-refractivity contribution is -0.117. The number of imidazole rings is 2. The third-order valence-electron chi connectivity index (χ3n) is 5.97. The lowest BCUT2D eigenvalue weighted by Gasteiger charge is -2.16. The number of benzene rings is 1. The number of amides is 1. The summed E-state index contributed by atoms with van der Waals surface area (Å²) in [5.41, 5.74) is 4.22. The van der Waals surface area contributed by atoms with Crippen LogP contribution in [-0.2, 0) is 21.9 Å². The summed E-state index contributed by atoms with van der Waals surface area (Å²) in [5, 5.41) is 6.18. The van der Waals surface area contributed by atoms with Gasteiger partial charge in [-0.15, -0.1) is 0 Å². The van der Waals surface area contributed by atoms with Gasteiger partial charge in [-0.05, 0) is 51.8 Å². The van der Waals surface area contributed by atoms with Crippen LogP contribution in [0.3, 0.4) is 0 Å². The molecule has 1 amide bonds. The van der Waals surface area contributed by atoms with Gasteiger partial charge in [-0.1, -0.05) is 0 Å². The zero-order valence-corrected chi connectivity index (χ0v) is 21.3. The van der Waals surface area contributed by atoms with Crippen LogP contribution in [-0.4, -0.2) is 44.6 Å². The van der Waals surface area contributed by atoms with Crippen molar-refractivity contribution in [2.24, 2.45) is 13.0 Å². The van der Waals surface area contributed by atoms with Crippen molar-refractivity contribution in [3.63, 3.8) is 0 Å². The molecule has 1 aliphatic carbocycles. The SMILES string of the molecule is CCS(=O)(=O)Nc1cc(-c2nc(C)cn2C)ccc1Nc1cc(NC(=O)C2CC2)nc2nc(C)[nH]c12. The van der Waals surface area contributed by atoms with Crippen LogP contribution >= 0.6 is 0 Å². The fraction of sp³-hybridized carbons (Fsp3) is 0.333. The number of sulfonamides is 1. The maximum Gasteiger partial charge on any atom is 0.232 e. The summed E-state index contributed by atoms with van der Waals surface area (Å²) >= 11 is 0. The topological polar surface area (TPSA) is 147 Å². The van der Waals surface area contributed by atoms with Gasteiger partial charge < -0.3 is 20.2 Å². The standard InChI is InChI=1S/C24H28N8O3S/c1-5-36(34,35)31-18-10-16(23-25-13(2)12-32(23)4)8-9-17(18)28-19-11-20(30-24(33)15-6-7-15)29-22-21(19)26-14(3)27-22/h8-12,15,31H,5-7H2,1-4H3,(H3,26,27,28,29,30,33). The average Bonchev–Trinajstić information content (AvgIpc) is 3.52. The molecule has 0 aliphatic heterocycles. The summed E-state index contributed by atoms with van der Waals surface area (Å²) in [4.78, 5) is 29.0. The number of nitrogens with one attached hydrogen (secondary N) is 4. The quantitative estimate of drug-likeness (QED) is 0.283. The Kier molecular flexibility index (Phi) is 5.91. The first-order chi connectivity index (χ1) is 17.1. The van der Waals surface area contributed by atoms with Crippen LogP contribution in [0.4, 0.5) is 22.9 Å².